The zero-order valence-electron chi connectivity index (χ0n) is 18.0. The Hall–Kier alpha value is -2.80. The number of nitrogens with zero attached hydrogens (tertiary/aromatic N) is 2. The number of benzene rings is 2. The van der Waals surface area contributed by atoms with Gasteiger partial charge in [-0.1, -0.05) is 43.8 Å². The molecule has 0 unspecified atom stereocenters. The number of anilines is 1. The van der Waals surface area contributed by atoms with E-state index in [1.54, 1.807) is 0 Å². The molecule has 1 heterocycles. The first-order valence-electron chi connectivity index (χ1n) is 9.87. The van der Waals surface area contributed by atoms with E-state index in [0.29, 0.717) is 17.0 Å². The summed E-state index contributed by atoms with van der Waals surface area (Å²) in [6.45, 7) is 10.5. The molecule has 0 spiro atoms. The molecule has 0 aliphatic heterocycles. The predicted octanol–water partition coefficient (Wildman–Crippen LogP) is 5.43. The lowest BCUT2D eigenvalue weighted by atomic mass is 10.0. The van der Waals surface area contributed by atoms with Gasteiger partial charge in [-0.3, -0.25) is 4.79 Å². The molecular formula is C23H27N3O3S. The van der Waals surface area contributed by atoms with Crippen LogP contribution in [0.3, 0.4) is 0 Å². The second-order valence-electron chi connectivity index (χ2n) is 7.66. The number of amides is 1. The summed E-state index contributed by atoms with van der Waals surface area (Å²) in [6.07, 6.45) is 0. The van der Waals surface area contributed by atoms with Crippen molar-refractivity contribution in [2.24, 2.45) is 0 Å². The van der Waals surface area contributed by atoms with Crippen LogP contribution in [0.4, 0.5) is 5.69 Å². The maximum absolute atomic E-state index is 12.2. The van der Waals surface area contributed by atoms with Crippen molar-refractivity contribution in [2.45, 2.75) is 52.4 Å². The molecule has 0 saturated heterocycles. The van der Waals surface area contributed by atoms with Gasteiger partial charge < -0.3 is 14.5 Å². The lowest BCUT2D eigenvalue weighted by Crippen LogP contribution is -2.14. The van der Waals surface area contributed by atoms with Crippen LogP contribution in [0.5, 0.6) is 5.75 Å². The molecule has 1 aromatic heterocycles. The van der Waals surface area contributed by atoms with Crippen LogP contribution in [0, 0.1) is 20.8 Å². The molecule has 6 nitrogen and oxygen atoms in total. The summed E-state index contributed by atoms with van der Waals surface area (Å²) in [5.41, 5.74) is 5.27. The second kappa shape index (κ2) is 9.80. The Morgan fingerprint density at radius 2 is 1.80 bits per heavy atom. The zero-order chi connectivity index (χ0) is 21.7. The van der Waals surface area contributed by atoms with Gasteiger partial charge in [-0.05, 0) is 67.1 Å². The predicted molar refractivity (Wildman–Crippen MR) is 119 cm³/mol. The molecule has 3 rings (SSSR count). The van der Waals surface area contributed by atoms with E-state index in [1.165, 1.54) is 11.8 Å². The van der Waals surface area contributed by atoms with E-state index in [-0.39, 0.29) is 18.3 Å². The third-order valence-corrected chi connectivity index (χ3v) is 5.24. The summed E-state index contributed by atoms with van der Waals surface area (Å²) in [5, 5.41) is 11.3. The monoisotopic (exact) mass is 425 g/mol. The molecule has 1 N–H and O–H groups in total. The Morgan fingerprint density at radius 1 is 1.07 bits per heavy atom. The minimum Gasteiger partial charge on any atom is -0.484 e. The number of rotatable bonds is 8. The number of carbonyl (C=O) groups is 1. The lowest BCUT2D eigenvalue weighted by molar-refractivity contribution is -0.113. The molecule has 0 aliphatic carbocycles. The molecule has 1 amide bonds. The molecule has 0 atom stereocenters. The number of aryl methyl sites for hydroxylation is 3. The molecule has 0 bridgehead atoms. The molecule has 0 aliphatic rings. The van der Waals surface area contributed by atoms with Crippen molar-refractivity contribution < 1.29 is 13.9 Å². The SMILES string of the molecule is Cc1cc(C)cc(NC(=O)CSc2nnc(COc3cc(C)ccc3C(C)C)o2)c1. The van der Waals surface area contributed by atoms with Gasteiger partial charge in [0.2, 0.25) is 5.91 Å². The van der Waals surface area contributed by atoms with Crippen molar-refractivity contribution in [3.63, 3.8) is 0 Å². The van der Waals surface area contributed by atoms with Gasteiger partial charge >= 0.3 is 0 Å². The third kappa shape index (κ3) is 6.10. The Labute approximate surface area is 181 Å². The van der Waals surface area contributed by atoms with E-state index in [9.17, 15) is 4.79 Å². The summed E-state index contributed by atoms with van der Waals surface area (Å²) in [7, 11) is 0. The molecule has 0 saturated carbocycles. The van der Waals surface area contributed by atoms with Crippen LogP contribution in [-0.4, -0.2) is 21.9 Å². The van der Waals surface area contributed by atoms with Crippen LogP contribution < -0.4 is 10.1 Å². The fraction of sp³-hybridized carbons (Fsp3) is 0.348. The van der Waals surface area contributed by atoms with Crippen molar-refractivity contribution in [2.75, 3.05) is 11.1 Å². The fourth-order valence-corrected chi connectivity index (χ4v) is 3.69. The zero-order valence-corrected chi connectivity index (χ0v) is 18.8. The minimum atomic E-state index is -0.123. The number of nitrogens with one attached hydrogen (secondary N) is 1. The fourth-order valence-electron chi connectivity index (χ4n) is 3.11. The molecule has 3 aromatic rings. The van der Waals surface area contributed by atoms with Crippen LogP contribution in [0.1, 0.15) is 47.9 Å². The summed E-state index contributed by atoms with van der Waals surface area (Å²) < 4.78 is 11.5. The number of hydrogen-bond donors (Lipinski definition) is 1. The summed E-state index contributed by atoms with van der Waals surface area (Å²) in [6, 6.07) is 12.1. The number of aromatic nitrogens is 2. The quantitative estimate of drug-likeness (QED) is 0.485. The highest BCUT2D eigenvalue weighted by Gasteiger charge is 2.13. The number of hydrogen-bond acceptors (Lipinski definition) is 6. The average molecular weight is 426 g/mol. The van der Waals surface area contributed by atoms with Crippen molar-refractivity contribution in [1.82, 2.24) is 10.2 Å². The topological polar surface area (TPSA) is 77.2 Å². The van der Waals surface area contributed by atoms with Gasteiger partial charge in [0.1, 0.15) is 5.75 Å². The van der Waals surface area contributed by atoms with E-state index in [2.05, 4.69) is 47.6 Å². The van der Waals surface area contributed by atoms with E-state index < -0.39 is 0 Å². The van der Waals surface area contributed by atoms with Crippen LogP contribution in [-0.2, 0) is 11.4 Å². The van der Waals surface area contributed by atoms with Gasteiger partial charge in [-0.25, -0.2) is 0 Å². The highest BCUT2D eigenvalue weighted by Crippen LogP contribution is 2.28. The summed E-state index contributed by atoms with van der Waals surface area (Å²) in [5.74, 6) is 1.62. The van der Waals surface area contributed by atoms with Crippen molar-refractivity contribution in [1.29, 1.82) is 0 Å². The molecular weight excluding hydrogens is 398 g/mol. The van der Waals surface area contributed by atoms with Crippen molar-refractivity contribution in [3.05, 3.63) is 64.5 Å². The first-order chi connectivity index (χ1) is 14.3. The number of thioether (sulfide) groups is 1. The largest absolute Gasteiger partial charge is 0.484 e. The summed E-state index contributed by atoms with van der Waals surface area (Å²) in [4.78, 5) is 12.2. The maximum Gasteiger partial charge on any atom is 0.277 e. The van der Waals surface area contributed by atoms with Crippen LogP contribution in [0.2, 0.25) is 0 Å². The van der Waals surface area contributed by atoms with Crippen LogP contribution >= 0.6 is 11.8 Å². The van der Waals surface area contributed by atoms with Gasteiger partial charge in [0.15, 0.2) is 6.61 Å². The third-order valence-electron chi connectivity index (χ3n) is 4.42. The lowest BCUT2D eigenvalue weighted by Gasteiger charge is -2.13. The van der Waals surface area contributed by atoms with Gasteiger partial charge in [-0.2, -0.15) is 0 Å². The molecule has 7 heteroatoms. The molecule has 158 valence electrons. The smallest absolute Gasteiger partial charge is 0.277 e. The van der Waals surface area contributed by atoms with E-state index in [0.717, 1.165) is 33.7 Å². The molecule has 2 aromatic carbocycles. The van der Waals surface area contributed by atoms with Crippen LogP contribution in [0.15, 0.2) is 46.0 Å². The normalized spacial score (nSPS) is 11.0. The first-order valence-corrected chi connectivity index (χ1v) is 10.9. The standard InChI is InChI=1S/C23H27N3O3S/c1-14(2)19-7-6-15(3)11-20(19)28-12-22-25-26-23(29-22)30-13-21(27)24-18-9-16(4)8-17(5)10-18/h6-11,14H,12-13H2,1-5H3,(H,24,27). The van der Waals surface area contributed by atoms with Crippen LogP contribution in [0.25, 0.3) is 0 Å². The average Bonchev–Trinajstić information content (AvgIpc) is 3.11. The van der Waals surface area contributed by atoms with Gasteiger partial charge in [-0.15, -0.1) is 10.2 Å². The second-order valence-corrected chi connectivity index (χ2v) is 8.59. The first kappa shape index (κ1) is 21.9. The Morgan fingerprint density at radius 3 is 2.50 bits per heavy atom. The van der Waals surface area contributed by atoms with E-state index in [4.69, 9.17) is 9.15 Å². The van der Waals surface area contributed by atoms with E-state index in [1.807, 2.05) is 39.0 Å². The maximum atomic E-state index is 12.2. The van der Waals surface area contributed by atoms with Crippen molar-refractivity contribution >= 4 is 23.4 Å². The van der Waals surface area contributed by atoms with Gasteiger partial charge in [0.05, 0.1) is 5.75 Å². The number of carbonyl (C=O) groups excluding carboxylic acids is 1. The highest BCUT2D eigenvalue weighted by atomic mass is 32.2. The van der Waals surface area contributed by atoms with Gasteiger partial charge in [0.25, 0.3) is 11.1 Å². The minimum absolute atomic E-state index is 0.123. The molecule has 30 heavy (non-hydrogen) atoms. The van der Waals surface area contributed by atoms with Gasteiger partial charge in [0, 0.05) is 5.69 Å². The van der Waals surface area contributed by atoms with E-state index >= 15 is 0 Å². The molecule has 0 fully saturated rings. The summed E-state index contributed by atoms with van der Waals surface area (Å²) >= 11 is 1.20. The molecule has 0 radical (unpaired) electrons. The number of ether oxygens (including phenoxy) is 1. The van der Waals surface area contributed by atoms with Crippen molar-refractivity contribution in [3.8, 4) is 5.75 Å². The Kier molecular flexibility index (Phi) is 7.15. The highest BCUT2D eigenvalue weighted by molar-refractivity contribution is 7.99. The Balaban J connectivity index is 1.53. The Bertz CT molecular complexity index is 1010.